The second-order valence-corrected chi connectivity index (χ2v) is 16.9. The lowest BCUT2D eigenvalue weighted by Crippen LogP contribution is -2.98. The van der Waals surface area contributed by atoms with Crippen molar-refractivity contribution in [1.29, 1.82) is 0 Å². The van der Waals surface area contributed by atoms with E-state index in [4.69, 9.17) is 9.41 Å². The molecule has 2 N–H and O–H groups in total. The highest BCUT2D eigenvalue weighted by Gasteiger charge is 2.64. The zero-order chi connectivity index (χ0) is 25.4. The molecule has 0 saturated carbocycles. The van der Waals surface area contributed by atoms with Crippen LogP contribution in [0.5, 0.6) is 0 Å². The molecule has 0 bridgehead atoms. The normalized spacial score (nSPS) is 23.5. The molecule has 2 aromatic rings. The van der Waals surface area contributed by atoms with Gasteiger partial charge in [0.1, 0.15) is 30.5 Å². The maximum absolute atomic E-state index is 7.10. The molecular formula is C28H44N5OSi+. The summed E-state index contributed by atoms with van der Waals surface area (Å²) in [6, 6.07) is 10.7. The number of nitrogens with zero attached hydrogens (tertiary/aromatic N) is 3. The minimum absolute atomic E-state index is 0.0474. The molecule has 6 nitrogen and oxygen atoms in total. The number of quaternary nitrogens is 1. The van der Waals surface area contributed by atoms with Crippen LogP contribution >= 0.6 is 0 Å². The maximum atomic E-state index is 7.10. The molecule has 3 atom stereocenters. The van der Waals surface area contributed by atoms with Crippen LogP contribution in [0, 0.1) is 0 Å². The monoisotopic (exact) mass is 494 g/mol. The zero-order valence-corrected chi connectivity index (χ0v) is 23.6. The van der Waals surface area contributed by atoms with Gasteiger partial charge in [0.2, 0.25) is 8.32 Å². The molecule has 2 aliphatic heterocycles. The van der Waals surface area contributed by atoms with Gasteiger partial charge in [-0.05, 0) is 28.3 Å². The largest absolute Gasteiger partial charge is 0.409 e. The van der Waals surface area contributed by atoms with Crippen molar-refractivity contribution in [2.75, 3.05) is 37.0 Å². The third-order valence-corrected chi connectivity index (χ3v) is 14.5. The van der Waals surface area contributed by atoms with Crippen molar-refractivity contribution < 1.29 is 9.33 Å². The Bertz CT molecular complexity index is 1010. The number of anilines is 2. The molecule has 2 aliphatic rings. The minimum Gasteiger partial charge on any atom is -0.409 e. The van der Waals surface area contributed by atoms with Crippen molar-refractivity contribution in [2.45, 2.75) is 76.3 Å². The molecule has 0 aliphatic carbocycles. The van der Waals surface area contributed by atoms with Gasteiger partial charge in [0.05, 0.1) is 18.7 Å². The molecule has 3 heterocycles. The van der Waals surface area contributed by atoms with Crippen molar-refractivity contribution in [3.63, 3.8) is 0 Å². The predicted molar refractivity (Wildman–Crippen MR) is 148 cm³/mol. The Morgan fingerprint density at radius 3 is 2.40 bits per heavy atom. The number of rotatable bonds is 10. The highest BCUT2D eigenvalue weighted by Crippen LogP contribution is 2.43. The van der Waals surface area contributed by atoms with Crippen molar-refractivity contribution in [2.24, 2.45) is 0 Å². The molecule has 1 aromatic heterocycles. The number of hydrogen-bond acceptors (Lipinski definition) is 5. The lowest BCUT2D eigenvalue weighted by Gasteiger charge is -2.42. The first kappa shape index (κ1) is 25.9. The lowest BCUT2D eigenvalue weighted by atomic mass is 10.1. The fourth-order valence-electron chi connectivity index (χ4n) is 6.63. The molecular weight excluding hydrogens is 450 g/mol. The molecule has 0 spiro atoms. The molecule has 1 aromatic carbocycles. The Morgan fingerprint density at radius 1 is 1.14 bits per heavy atom. The Balaban J connectivity index is 1.60. The zero-order valence-electron chi connectivity index (χ0n) is 22.6. The molecule has 190 valence electrons. The van der Waals surface area contributed by atoms with Crippen LogP contribution in [0.4, 0.5) is 11.6 Å². The Morgan fingerprint density at radius 2 is 1.80 bits per heavy atom. The topological polar surface area (TPSA) is 54.7 Å². The van der Waals surface area contributed by atoms with Crippen molar-refractivity contribution in [3.8, 4) is 0 Å². The van der Waals surface area contributed by atoms with Gasteiger partial charge in [0, 0.05) is 13.6 Å². The van der Waals surface area contributed by atoms with Gasteiger partial charge in [-0.3, -0.25) is 0 Å². The third kappa shape index (κ3) is 4.66. The fourth-order valence-corrected chi connectivity index (χ4v) is 12.2. The van der Waals surface area contributed by atoms with Gasteiger partial charge < -0.3 is 19.5 Å². The summed E-state index contributed by atoms with van der Waals surface area (Å²) in [6.07, 6.45) is 3.77. The second kappa shape index (κ2) is 10.0. The van der Waals surface area contributed by atoms with E-state index in [0.29, 0.717) is 16.6 Å². The molecule has 4 rings (SSSR count). The summed E-state index contributed by atoms with van der Waals surface area (Å²) < 4.78 is 7.10. The van der Waals surface area contributed by atoms with Crippen LogP contribution in [0.15, 0.2) is 49.3 Å². The van der Waals surface area contributed by atoms with Gasteiger partial charge in [-0.2, -0.15) is 0 Å². The highest BCUT2D eigenvalue weighted by molar-refractivity contribution is 6.77. The van der Waals surface area contributed by atoms with E-state index in [0.717, 1.165) is 43.4 Å². The summed E-state index contributed by atoms with van der Waals surface area (Å²) in [5, 5.41) is 3.69. The van der Waals surface area contributed by atoms with E-state index in [9.17, 15) is 0 Å². The van der Waals surface area contributed by atoms with Crippen LogP contribution in [-0.2, 0) is 11.0 Å². The molecule has 7 heteroatoms. The summed E-state index contributed by atoms with van der Waals surface area (Å²) in [5.41, 5.74) is 4.20. The van der Waals surface area contributed by atoms with E-state index in [1.807, 2.05) is 0 Å². The quantitative estimate of drug-likeness (QED) is 0.287. The molecule has 1 saturated heterocycles. The van der Waals surface area contributed by atoms with Gasteiger partial charge in [-0.15, -0.1) is 0 Å². The van der Waals surface area contributed by atoms with Crippen LogP contribution in [0.1, 0.15) is 58.7 Å². The van der Waals surface area contributed by atoms with Crippen LogP contribution in [-0.4, -0.2) is 50.6 Å². The summed E-state index contributed by atoms with van der Waals surface area (Å²) in [6.45, 7) is 21.9. The van der Waals surface area contributed by atoms with Crippen molar-refractivity contribution in [1.82, 2.24) is 9.97 Å². The Kier molecular flexibility index (Phi) is 7.41. The van der Waals surface area contributed by atoms with Gasteiger partial charge in [-0.25, -0.2) is 9.97 Å². The number of nitrogens with one attached hydrogen (secondary N) is 2. The SMILES string of the molecule is C=CC1c2c(ncnc2N(C)Cc2ccccc2)NC[C@]2(CO[Si](C(C)C)(C(C)C)C(C)C)C[NH+]12. The van der Waals surface area contributed by atoms with E-state index in [-0.39, 0.29) is 11.6 Å². The van der Waals surface area contributed by atoms with Crippen LogP contribution < -0.4 is 15.1 Å². The summed E-state index contributed by atoms with van der Waals surface area (Å²) in [7, 11) is 0.178. The van der Waals surface area contributed by atoms with Gasteiger partial charge in [-0.1, -0.05) is 78.5 Å². The Labute approximate surface area is 212 Å². The average molecular weight is 495 g/mol. The standard InChI is InChI=1S/C28H43N5OSi/c1-9-24-25-26(30-19-31-27(25)32(8)15-23-13-11-10-12-14-23)29-16-28(17-33(24)28)18-34-35(20(2)3,21(4)5)22(6)7/h9-14,19-22,24H,1,15-18H2,2-8H3,(H,29,30,31)/p+1/t24?,28-,33?/m1/s1. The van der Waals surface area contributed by atoms with E-state index in [2.05, 4.69) is 107 Å². The maximum Gasteiger partial charge on any atom is 0.200 e. The molecule has 35 heavy (non-hydrogen) atoms. The first-order valence-electron chi connectivity index (χ1n) is 13.1. The average Bonchev–Trinajstić information content (AvgIpc) is 3.54. The first-order valence-corrected chi connectivity index (χ1v) is 15.3. The predicted octanol–water partition coefficient (Wildman–Crippen LogP) is 4.60. The summed E-state index contributed by atoms with van der Waals surface area (Å²) in [5.74, 6) is 1.90. The first-order chi connectivity index (χ1) is 16.7. The molecule has 2 unspecified atom stereocenters. The van der Waals surface area contributed by atoms with Gasteiger partial charge in [0.15, 0.2) is 5.54 Å². The van der Waals surface area contributed by atoms with Gasteiger partial charge in [0.25, 0.3) is 0 Å². The van der Waals surface area contributed by atoms with E-state index in [1.165, 1.54) is 10.5 Å². The number of benzene rings is 1. The highest BCUT2D eigenvalue weighted by atomic mass is 28.4. The van der Waals surface area contributed by atoms with Crippen LogP contribution in [0.2, 0.25) is 16.6 Å². The molecule has 1 fully saturated rings. The van der Waals surface area contributed by atoms with Crippen molar-refractivity contribution >= 4 is 20.0 Å². The molecule has 0 radical (unpaired) electrons. The lowest BCUT2D eigenvalue weighted by molar-refractivity contribution is -0.819. The van der Waals surface area contributed by atoms with E-state index in [1.54, 1.807) is 6.33 Å². The summed E-state index contributed by atoms with van der Waals surface area (Å²) in [4.78, 5) is 13.2. The van der Waals surface area contributed by atoms with Crippen molar-refractivity contribution in [3.05, 3.63) is 60.4 Å². The van der Waals surface area contributed by atoms with Gasteiger partial charge >= 0.3 is 0 Å². The van der Waals surface area contributed by atoms with E-state index < -0.39 is 8.32 Å². The minimum atomic E-state index is -1.94. The Hall–Kier alpha value is -2.22. The van der Waals surface area contributed by atoms with Crippen LogP contribution in [0.3, 0.4) is 0 Å². The number of aromatic nitrogens is 2. The fraction of sp³-hybridized carbons (Fsp3) is 0.571. The number of hydrogen-bond donors (Lipinski definition) is 2. The number of fused-ring (bicyclic) bond motifs is 2. The second-order valence-electron chi connectivity index (χ2n) is 11.5. The third-order valence-electron chi connectivity index (χ3n) is 8.39. The molecule has 0 amide bonds. The van der Waals surface area contributed by atoms with E-state index >= 15 is 0 Å². The van der Waals surface area contributed by atoms with Crippen LogP contribution in [0.25, 0.3) is 0 Å². The smallest absolute Gasteiger partial charge is 0.200 e. The summed E-state index contributed by atoms with van der Waals surface area (Å²) >= 11 is 0.